The Morgan fingerprint density at radius 2 is 1.65 bits per heavy atom. The van der Waals surface area contributed by atoms with E-state index in [4.69, 9.17) is 4.74 Å². The van der Waals surface area contributed by atoms with E-state index in [-0.39, 0.29) is 17.0 Å². The number of benzene rings is 3. The highest BCUT2D eigenvalue weighted by Crippen LogP contribution is 2.18. The van der Waals surface area contributed by atoms with Gasteiger partial charge in [0.1, 0.15) is 6.10 Å². The molecule has 0 aliphatic carbocycles. The van der Waals surface area contributed by atoms with Gasteiger partial charge in [-0.2, -0.15) is 0 Å². The van der Waals surface area contributed by atoms with Gasteiger partial charge in [-0.15, -0.1) is 0 Å². The Morgan fingerprint density at radius 3 is 2.32 bits per heavy atom. The third-order valence-corrected chi connectivity index (χ3v) is 6.74. The van der Waals surface area contributed by atoms with Gasteiger partial charge in [-0.05, 0) is 42.0 Å². The number of halogens is 1. The van der Waals surface area contributed by atoms with Crippen molar-refractivity contribution in [1.82, 2.24) is 0 Å². The third-order valence-electron chi connectivity index (χ3n) is 4.36. The molecule has 0 fully saturated rings. The van der Waals surface area contributed by atoms with Crippen LogP contribution >= 0.6 is 22.6 Å². The van der Waals surface area contributed by atoms with E-state index in [1.54, 1.807) is 72.8 Å². The maximum absolute atomic E-state index is 12.5. The minimum absolute atomic E-state index is 0.209. The Morgan fingerprint density at radius 1 is 0.968 bits per heavy atom. The van der Waals surface area contributed by atoms with Crippen molar-refractivity contribution in [2.45, 2.75) is 17.4 Å². The normalized spacial score (nSPS) is 12.4. The molecule has 0 aromatic heterocycles. The van der Waals surface area contributed by atoms with Gasteiger partial charge >= 0.3 is 5.97 Å². The highest BCUT2D eigenvalue weighted by atomic mass is 127. The number of nitrogens with one attached hydrogen (secondary N) is 1. The molecule has 0 saturated heterocycles. The standard InChI is InChI=1S/C24H22INO4S/c25-18-22(30-24(27)20-11-3-1-4-12-20)14-8-10-19-9-7-13-21(17-19)26-31(28,29)23-15-5-2-6-16-23/h1-13,15-17,22,26H,14,18H2/b10-8+/t22-/m0/s1. The molecule has 0 amide bonds. The van der Waals surface area contributed by atoms with E-state index in [9.17, 15) is 13.2 Å². The van der Waals surface area contributed by atoms with Gasteiger partial charge < -0.3 is 4.74 Å². The lowest BCUT2D eigenvalue weighted by Gasteiger charge is -2.13. The van der Waals surface area contributed by atoms with Gasteiger partial charge in [0.05, 0.1) is 10.5 Å². The summed E-state index contributed by atoms with van der Waals surface area (Å²) in [5, 5.41) is 0. The Balaban J connectivity index is 1.61. The molecule has 0 heterocycles. The monoisotopic (exact) mass is 547 g/mol. The summed E-state index contributed by atoms with van der Waals surface area (Å²) in [6, 6.07) is 24.3. The van der Waals surface area contributed by atoms with Gasteiger partial charge in [-0.25, -0.2) is 13.2 Å². The van der Waals surface area contributed by atoms with Gasteiger partial charge in [-0.1, -0.05) is 83.3 Å². The van der Waals surface area contributed by atoms with Crippen LogP contribution in [0, 0.1) is 0 Å². The first-order valence-electron chi connectivity index (χ1n) is 9.64. The number of anilines is 1. The molecule has 7 heteroatoms. The van der Waals surface area contributed by atoms with Crippen molar-refractivity contribution in [3.63, 3.8) is 0 Å². The smallest absolute Gasteiger partial charge is 0.338 e. The van der Waals surface area contributed by atoms with Crippen molar-refractivity contribution in [1.29, 1.82) is 0 Å². The van der Waals surface area contributed by atoms with Crippen molar-refractivity contribution in [3.05, 3.63) is 102 Å². The van der Waals surface area contributed by atoms with E-state index in [0.717, 1.165) is 5.56 Å². The van der Waals surface area contributed by atoms with E-state index < -0.39 is 10.0 Å². The Kier molecular flexibility index (Phi) is 8.25. The lowest BCUT2D eigenvalue weighted by molar-refractivity contribution is 0.0363. The molecule has 3 aromatic carbocycles. The summed E-state index contributed by atoms with van der Waals surface area (Å²) in [5.74, 6) is -0.340. The zero-order valence-electron chi connectivity index (χ0n) is 16.6. The predicted molar refractivity (Wildman–Crippen MR) is 132 cm³/mol. The first kappa shape index (κ1) is 23.0. The van der Waals surface area contributed by atoms with Gasteiger partial charge in [0, 0.05) is 16.5 Å². The molecule has 0 unspecified atom stereocenters. The quantitative estimate of drug-likeness (QED) is 0.217. The molecule has 3 rings (SSSR count). The molecule has 5 nitrogen and oxygen atoms in total. The summed E-state index contributed by atoms with van der Waals surface area (Å²) >= 11 is 2.19. The van der Waals surface area contributed by atoms with Gasteiger partial charge in [-0.3, -0.25) is 4.72 Å². The SMILES string of the molecule is O=C(O[C@H](CI)C/C=C/c1cccc(NS(=O)(=O)c2ccccc2)c1)c1ccccc1. The number of carbonyl (C=O) groups is 1. The number of esters is 1. The number of sulfonamides is 1. The number of ether oxygens (including phenoxy) is 1. The van der Waals surface area contributed by atoms with Crippen LogP contribution < -0.4 is 4.72 Å². The van der Waals surface area contributed by atoms with E-state index in [2.05, 4.69) is 27.3 Å². The average Bonchev–Trinajstić information content (AvgIpc) is 2.79. The number of carbonyl (C=O) groups excluding carboxylic acids is 1. The van der Waals surface area contributed by atoms with Crippen molar-refractivity contribution in [3.8, 4) is 0 Å². The van der Waals surface area contributed by atoms with E-state index in [0.29, 0.717) is 22.1 Å². The summed E-state index contributed by atoms with van der Waals surface area (Å²) in [6.07, 6.45) is 4.12. The molecule has 1 atom stereocenters. The van der Waals surface area contributed by atoms with Crippen LogP contribution in [0.15, 0.2) is 95.9 Å². The fraction of sp³-hybridized carbons (Fsp3) is 0.125. The van der Waals surface area contributed by atoms with Crippen molar-refractivity contribution >= 4 is 50.3 Å². The lowest BCUT2D eigenvalue weighted by Crippen LogP contribution is -2.19. The Labute approximate surface area is 196 Å². The maximum atomic E-state index is 12.5. The summed E-state index contributed by atoms with van der Waals surface area (Å²) in [7, 11) is -3.64. The fourth-order valence-corrected chi connectivity index (χ4v) is 4.42. The Bertz CT molecular complexity index is 1130. The molecule has 0 saturated carbocycles. The molecule has 0 spiro atoms. The molecule has 0 bridgehead atoms. The minimum atomic E-state index is -3.64. The number of alkyl halides is 1. The van der Waals surface area contributed by atoms with E-state index >= 15 is 0 Å². The number of rotatable bonds is 9. The summed E-state index contributed by atoms with van der Waals surface area (Å²) < 4.78 is 33.8. The topological polar surface area (TPSA) is 72.5 Å². The van der Waals surface area contributed by atoms with Crippen molar-refractivity contribution in [2.24, 2.45) is 0 Å². The van der Waals surface area contributed by atoms with Gasteiger partial charge in [0.15, 0.2) is 0 Å². The molecule has 0 aliphatic rings. The molecular formula is C24H22INO4S. The molecule has 0 radical (unpaired) electrons. The van der Waals surface area contributed by atoms with Crippen LogP contribution in [-0.4, -0.2) is 24.9 Å². The van der Waals surface area contributed by atoms with Gasteiger partial charge in [0.25, 0.3) is 10.0 Å². The molecule has 3 aromatic rings. The number of hydrogen-bond donors (Lipinski definition) is 1. The van der Waals surface area contributed by atoms with E-state index in [1.165, 1.54) is 0 Å². The Hall–Kier alpha value is -2.65. The molecule has 31 heavy (non-hydrogen) atoms. The van der Waals surface area contributed by atoms with Crippen LogP contribution in [0.25, 0.3) is 6.08 Å². The highest BCUT2D eigenvalue weighted by Gasteiger charge is 2.14. The van der Waals surface area contributed by atoms with Crippen molar-refractivity contribution in [2.75, 3.05) is 9.15 Å². The minimum Gasteiger partial charge on any atom is -0.458 e. The van der Waals surface area contributed by atoms with Gasteiger partial charge in [0.2, 0.25) is 0 Å². The molecule has 1 N–H and O–H groups in total. The van der Waals surface area contributed by atoms with Crippen LogP contribution in [-0.2, 0) is 14.8 Å². The summed E-state index contributed by atoms with van der Waals surface area (Å²) in [6.45, 7) is 0. The first-order valence-corrected chi connectivity index (χ1v) is 12.7. The van der Waals surface area contributed by atoms with E-state index in [1.807, 2.05) is 24.3 Å². The third kappa shape index (κ3) is 6.93. The molecule has 0 aliphatic heterocycles. The second-order valence-electron chi connectivity index (χ2n) is 6.73. The molecule has 160 valence electrons. The van der Waals surface area contributed by atoms with Crippen LogP contribution in [0.1, 0.15) is 22.3 Å². The predicted octanol–water partition coefficient (Wildman–Crippen LogP) is 5.55. The lowest BCUT2D eigenvalue weighted by atomic mass is 10.1. The fourth-order valence-electron chi connectivity index (χ4n) is 2.81. The van der Waals surface area contributed by atoms with Crippen LogP contribution in [0.3, 0.4) is 0 Å². The largest absolute Gasteiger partial charge is 0.458 e. The zero-order valence-corrected chi connectivity index (χ0v) is 19.6. The van der Waals surface area contributed by atoms with Crippen LogP contribution in [0.4, 0.5) is 5.69 Å². The molecular weight excluding hydrogens is 525 g/mol. The maximum Gasteiger partial charge on any atom is 0.338 e. The van der Waals surface area contributed by atoms with Crippen LogP contribution in [0.5, 0.6) is 0 Å². The van der Waals surface area contributed by atoms with Crippen LogP contribution in [0.2, 0.25) is 0 Å². The average molecular weight is 547 g/mol. The second-order valence-corrected chi connectivity index (χ2v) is 9.29. The number of hydrogen-bond acceptors (Lipinski definition) is 4. The first-order chi connectivity index (χ1) is 15.0. The highest BCUT2D eigenvalue weighted by molar-refractivity contribution is 14.1. The van der Waals surface area contributed by atoms with Crippen molar-refractivity contribution < 1.29 is 17.9 Å². The zero-order chi connectivity index (χ0) is 22.1. The summed E-state index contributed by atoms with van der Waals surface area (Å²) in [4.78, 5) is 12.4. The summed E-state index contributed by atoms with van der Waals surface area (Å²) in [5.41, 5.74) is 1.85. The second kappa shape index (κ2) is 11.1.